The van der Waals surface area contributed by atoms with Crippen LogP contribution in [0.5, 0.6) is 0 Å². The van der Waals surface area contributed by atoms with Crippen LogP contribution >= 0.6 is 11.6 Å². The molecule has 3 heterocycles. The van der Waals surface area contributed by atoms with Gasteiger partial charge in [-0.3, -0.25) is 15.0 Å². The Labute approximate surface area is 135 Å². The maximum Gasteiger partial charge on any atom is 0.273 e. The molecule has 0 aliphatic heterocycles. The molecule has 4 aromatic rings. The third kappa shape index (κ3) is 2.24. The van der Waals surface area contributed by atoms with Crippen LogP contribution in [0.25, 0.3) is 28.2 Å². The highest BCUT2D eigenvalue weighted by Crippen LogP contribution is 2.28. The molecule has 4 rings (SSSR count). The van der Waals surface area contributed by atoms with Crippen LogP contribution < -0.4 is 5.56 Å². The third-order valence-electron chi connectivity index (χ3n) is 3.71. The average Bonchev–Trinajstić information content (AvgIpc) is 3.16. The van der Waals surface area contributed by atoms with Gasteiger partial charge in [0.2, 0.25) is 0 Å². The van der Waals surface area contributed by atoms with Crippen molar-refractivity contribution in [2.24, 2.45) is 0 Å². The first-order valence-electron chi connectivity index (χ1n) is 7.01. The van der Waals surface area contributed by atoms with E-state index in [0.29, 0.717) is 22.1 Å². The Hall–Kier alpha value is -2.86. The number of aromatic amines is 2. The van der Waals surface area contributed by atoms with Crippen molar-refractivity contribution in [2.75, 3.05) is 0 Å². The van der Waals surface area contributed by atoms with Crippen LogP contribution in [-0.2, 0) is 0 Å². The fraction of sp³-hybridized carbons (Fsp3) is 0.0625. The molecule has 0 aliphatic rings. The van der Waals surface area contributed by atoms with Crippen molar-refractivity contribution in [1.29, 1.82) is 0 Å². The van der Waals surface area contributed by atoms with E-state index in [9.17, 15) is 4.79 Å². The predicted octanol–water partition coefficient (Wildman–Crippen LogP) is 3.04. The molecule has 0 fully saturated rings. The Kier molecular flexibility index (Phi) is 3.06. The molecule has 23 heavy (non-hydrogen) atoms. The molecule has 7 heteroatoms. The van der Waals surface area contributed by atoms with Gasteiger partial charge in [-0.15, -0.1) is 0 Å². The van der Waals surface area contributed by atoms with Gasteiger partial charge in [0.15, 0.2) is 5.65 Å². The lowest BCUT2D eigenvalue weighted by molar-refractivity contribution is 0.881. The van der Waals surface area contributed by atoms with Crippen molar-refractivity contribution in [3.8, 4) is 22.5 Å². The highest BCUT2D eigenvalue weighted by atomic mass is 35.5. The number of nitrogens with one attached hydrogen (secondary N) is 2. The summed E-state index contributed by atoms with van der Waals surface area (Å²) in [6.07, 6.45) is 1.63. The van der Waals surface area contributed by atoms with Crippen LogP contribution in [0.1, 0.15) is 5.69 Å². The Balaban J connectivity index is 2.02. The lowest BCUT2D eigenvalue weighted by Gasteiger charge is -2.02. The summed E-state index contributed by atoms with van der Waals surface area (Å²) in [5.41, 5.74) is 4.33. The second-order valence-electron chi connectivity index (χ2n) is 5.23. The Bertz CT molecular complexity index is 1040. The monoisotopic (exact) mass is 325 g/mol. The summed E-state index contributed by atoms with van der Waals surface area (Å²) in [4.78, 5) is 17.0. The fourth-order valence-electron chi connectivity index (χ4n) is 2.65. The highest BCUT2D eigenvalue weighted by Gasteiger charge is 2.15. The molecule has 0 atom stereocenters. The summed E-state index contributed by atoms with van der Waals surface area (Å²) in [5, 5.41) is 10.5. The molecule has 2 N–H and O–H groups in total. The summed E-state index contributed by atoms with van der Waals surface area (Å²) < 4.78 is 1.44. The summed E-state index contributed by atoms with van der Waals surface area (Å²) in [5.74, 6) is 0. The smallest absolute Gasteiger partial charge is 0.273 e. The molecule has 0 saturated carbocycles. The Morgan fingerprint density at radius 3 is 2.65 bits per heavy atom. The van der Waals surface area contributed by atoms with E-state index in [-0.39, 0.29) is 5.56 Å². The largest absolute Gasteiger partial charge is 0.293 e. The molecule has 0 aliphatic carbocycles. The minimum atomic E-state index is -0.178. The van der Waals surface area contributed by atoms with E-state index in [0.717, 1.165) is 16.8 Å². The fourth-order valence-corrected chi connectivity index (χ4v) is 2.77. The summed E-state index contributed by atoms with van der Waals surface area (Å²) in [7, 11) is 0. The van der Waals surface area contributed by atoms with Crippen LogP contribution in [0.4, 0.5) is 0 Å². The number of hydrogen-bond acceptors (Lipinski definition) is 3. The van der Waals surface area contributed by atoms with Gasteiger partial charge in [-0.1, -0.05) is 23.7 Å². The van der Waals surface area contributed by atoms with Crippen molar-refractivity contribution in [2.45, 2.75) is 6.92 Å². The first kappa shape index (κ1) is 13.8. The summed E-state index contributed by atoms with van der Waals surface area (Å²) >= 11 is 5.96. The number of aryl methyl sites for hydroxylation is 1. The SMILES string of the molecule is Cc1[nH]n2c(=O)cc(-c3ccn[nH]3)nc2c1-c1ccc(Cl)cc1. The molecule has 0 amide bonds. The van der Waals surface area contributed by atoms with Gasteiger partial charge in [0.1, 0.15) is 0 Å². The number of H-pyrrole nitrogens is 2. The van der Waals surface area contributed by atoms with Gasteiger partial charge in [-0.2, -0.15) is 5.10 Å². The molecule has 0 radical (unpaired) electrons. The molecule has 0 spiro atoms. The zero-order valence-electron chi connectivity index (χ0n) is 12.2. The summed E-state index contributed by atoms with van der Waals surface area (Å²) in [6, 6.07) is 10.7. The Morgan fingerprint density at radius 1 is 1.17 bits per heavy atom. The minimum Gasteiger partial charge on any atom is -0.293 e. The predicted molar refractivity (Wildman–Crippen MR) is 88.6 cm³/mol. The molecule has 0 bridgehead atoms. The van der Waals surface area contributed by atoms with E-state index >= 15 is 0 Å². The van der Waals surface area contributed by atoms with Gasteiger partial charge in [0, 0.05) is 28.5 Å². The molecule has 114 valence electrons. The van der Waals surface area contributed by atoms with Crippen LogP contribution in [0.2, 0.25) is 5.02 Å². The molecule has 3 aromatic heterocycles. The first-order chi connectivity index (χ1) is 11.1. The van der Waals surface area contributed by atoms with Gasteiger partial charge >= 0.3 is 0 Å². The van der Waals surface area contributed by atoms with Crippen LogP contribution in [-0.4, -0.2) is 24.8 Å². The number of aromatic nitrogens is 5. The maximum absolute atomic E-state index is 12.4. The molecule has 6 nitrogen and oxygen atoms in total. The number of fused-ring (bicyclic) bond motifs is 1. The van der Waals surface area contributed by atoms with Gasteiger partial charge < -0.3 is 0 Å². The van der Waals surface area contributed by atoms with Crippen molar-refractivity contribution in [1.82, 2.24) is 24.8 Å². The molecule has 1 aromatic carbocycles. The zero-order chi connectivity index (χ0) is 16.0. The topological polar surface area (TPSA) is 78.8 Å². The van der Waals surface area contributed by atoms with Crippen molar-refractivity contribution >= 4 is 17.2 Å². The summed E-state index contributed by atoms with van der Waals surface area (Å²) in [6.45, 7) is 1.91. The van der Waals surface area contributed by atoms with E-state index in [1.54, 1.807) is 12.3 Å². The minimum absolute atomic E-state index is 0.178. The number of nitrogens with zero attached hydrogens (tertiary/aromatic N) is 3. The second kappa shape index (κ2) is 5.10. The number of halogens is 1. The van der Waals surface area contributed by atoms with Gasteiger partial charge in [-0.05, 0) is 30.7 Å². The quantitative estimate of drug-likeness (QED) is 0.594. The van der Waals surface area contributed by atoms with Crippen molar-refractivity contribution in [3.63, 3.8) is 0 Å². The van der Waals surface area contributed by atoms with Gasteiger partial charge in [0.05, 0.1) is 11.4 Å². The standard InChI is InChI=1S/C16H12ClN5O/c1-9-15(10-2-4-11(17)5-3-10)16-19-13(12-6-7-18-20-12)8-14(23)22(16)21-9/h2-8,21H,1H3,(H,18,20). The number of benzene rings is 1. The van der Waals surface area contributed by atoms with E-state index in [1.165, 1.54) is 10.6 Å². The second-order valence-corrected chi connectivity index (χ2v) is 5.66. The normalized spacial score (nSPS) is 11.2. The maximum atomic E-state index is 12.4. The van der Waals surface area contributed by atoms with Crippen LogP contribution in [0.15, 0.2) is 47.4 Å². The Morgan fingerprint density at radius 2 is 1.96 bits per heavy atom. The number of rotatable bonds is 2. The van der Waals surface area contributed by atoms with E-state index in [4.69, 9.17) is 11.6 Å². The van der Waals surface area contributed by atoms with Crippen molar-refractivity contribution < 1.29 is 0 Å². The lowest BCUT2D eigenvalue weighted by atomic mass is 10.1. The third-order valence-corrected chi connectivity index (χ3v) is 3.96. The van der Waals surface area contributed by atoms with E-state index in [2.05, 4.69) is 20.3 Å². The van der Waals surface area contributed by atoms with Crippen LogP contribution in [0, 0.1) is 6.92 Å². The van der Waals surface area contributed by atoms with Crippen LogP contribution in [0.3, 0.4) is 0 Å². The number of hydrogen-bond donors (Lipinski definition) is 2. The van der Waals surface area contributed by atoms with E-state index < -0.39 is 0 Å². The molecular formula is C16H12ClN5O. The van der Waals surface area contributed by atoms with E-state index in [1.807, 2.05) is 31.2 Å². The first-order valence-corrected chi connectivity index (χ1v) is 7.39. The van der Waals surface area contributed by atoms with Gasteiger partial charge in [0.25, 0.3) is 5.56 Å². The lowest BCUT2D eigenvalue weighted by Crippen LogP contribution is -2.14. The zero-order valence-corrected chi connectivity index (χ0v) is 12.9. The van der Waals surface area contributed by atoms with Crippen molar-refractivity contribution in [3.05, 3.63) is 63.7 Å². The molecular weight excluding hydrogens is 314 g/mol. The average molecular weight is 326 g/mol. The highest BCUT2D eigenvalue weighted by molar-refractivity contribution is 6.30. The van der Waals surface area contributed by atoms with Gasteiger partial charge in [-0.25, -0.2) is 9.50 Å². The molecule has 0 unspecified atom stereocenters. The molecule has 0 saturated heterocycles.